The lowest BCUT2D eigenvalue weighted by atomic mass is 10.1. The van der Waals surface area contributed by atoms with Crippen LogP contribution in [0.3, 0.4) is 0 Å². The fourth-order valence-electron chi connectivity index (χ4n) is 2.66. The van der Waals surface area contributed by atoms with E-state index in [1.165, 1.54) is 24.3 Å². The quantitative estimate of drug-likeness (QED) is 0.588. The summed E-state index contributed by atoms with van der Waals surface area (Å²) >= 11 is 7.10. The summed E-state index contributed by atoms with van der Waals surface area (Å²) in [6.07, 6.45) is 2.46. The monoisotopic (exact) mass is 456 g/mol. The first-order chi connectivity index (χ1) is 13.6. The number of carbonyl (C=O) groups excluding carboxylic acids is 1. The van der Waals surface area contributed by atoms with Crippen LogP contribution in [0.1, 0.15) is 21.5 Å². The van der Waals surface area contributed by atoms with E-state index in [-0.39, 0.29) is 26.2 Å². The highest BCUT2D eigenvalue weighted by atomic mass is 35.5. The Bertz CT molecular complexity index is 1210. The van der Waals surface area contributed by atoms with Gasteiger partial charge in [0.25, 0.3) is 5.91 Å². The van der Waals surface area contributed by atoms with Crippen LogP contribution in [0, 0.1) is 11.6 Å². The Morgan fingerprint density at radius 1 is 1.21 bits per heavy atom. The summed E-state index contributed by atoms with van der Waals surface area (Å²) < 4.78 is 50.8. The van der Waals surface area contributed by atoms with Gasteiger partial charge in [-0.1, -0.05) is 18.5 Å². The molecule has 0 aliphatic heterocycles. The highest BCUT2D eigenvalue weighted by molar-refractivity contribution is 7.90. The molecule has 0 spiro atoms. The maximum Gasteiger partial charge on any atom is 0.265 e. The zero-order valence-electron chi connectivity index (χ0n) is 15.3. The van der Waals surface area contributed by atoms with Crippen molar-refractivity contribution in [3.63, 3.8) is 0 Å². The number of rotatable bonds is 5. The molecule has 2 aromatic heterocycles. The normalized spacial score (nSPS) is 11.5. The molecule has 3 aromatic rings. The molecule has 1 amide bonds. The van der Waals surface area contributed by atoms with Crippen molar-refractivity contribution in [2.75, 3.05) is 11.6 Å². The van der Waals surface area contributed by atoms with Crippen molar-refractivity contribution in [1.82, 2.24) is 4.98 Å². The van der Waals surface area contributed by atoms with Gasteiger partial charge in [0.05, 0.1) is 16.0 Å². The summed E-state index contributed by atoms with van der Waals surface area (Å²) in [7, 11) is -3.51. The molecule has 0 bridgehead atoms. The fourth-order valence-corrected chi connectivity index (χ4v) is 4.64. The van der Waals surface area contributed by atoms with Gasteiger partial charge in [-0.2, -0.15) is 0 Å². The number of thiophene rings is 1. The van der Waals surface area contributed by atoms with E-state index in [2.05, 4.69) is 10.3 Å². The van der Waals surface area contributed by atoms with Crippen LogP contribution >= 0.6 is 22.9 Å². The van der Waals surface area contributed by atoms with E-state index < -0.39 is 27.4 Å². The SMILES string of the molecule is CCc1sc(C(=O)Nc2cc(Cl)cc(S(C)(=O)=O)c2)cc1-c1ncc(F)cc1F. The highest BCUT2D eigenvalue weighted by Gasteiger charge is 2.19. The standard InChI is InChI=1S/C19H15ClF2N2O3S2/c1-3-16-14(18-15(22)6-11(21)9-23-18)8-17(28-16)19(25)24-12-4-10(20)5-13(7-12)29(2,26)27/h4-9H,3H2,1-2H3,(H,24,25). The third kappa shape index (κ3) is 4.80. The van der Waals surface area contributed by atoms with Crippen LogP contribution in [0.4, 0.5) is 14.5 Å². The van der Waals surface area contributed by atoms with Crippen molar-refractivity contribution in [2.24, 2.45) is 0 Å². The van der Waals surface area contributed by atoms with Crippen LogP contribution in [0.2, 0.25) is 5.02 Å². The topological polar surface area (TPSA) is 76.1 Å². The van der Waals surface area contributed by atoms with Crippen molar-refractivity contribution < 1.29 is 22.0 Å². The van der Waals surface area contributed by atoms with Crippen molar-refractivity contribution in [3.8, 4) is 11.3 Å². The molecule has 0 unspecified atom stereocenters. The molecular weight excluding hydrogens is 442 g/mol. The van der Waals surface area contributed by atoms with E-state index in [0.717, 1.165) is 29.9 Å². The molecule has 5 nitrogen and oxygen atoms in total. The van der Waals surface area contributed by atoms with Crippen molar-refractivity contribution in [1.29, 1.82) is 0 Å². The van der Waals surface area contributed by atoms with Gasteiger partial charge >= 0.3 is 0 Å². The number of hydrogen-bond acceptors (Lipinski definition) is 5. The fraction of sp³-hybridized carbons (Fsp3) is 0.158. The van der Waals surface area contributed by atoms with Crippen molar-refractivity contribution >= 4 is 44.4 Å². The molecule has 152 valence electrons. The molecule has 0 aliphatic rings. The summed E-state index contributed by atoms with van der Waals surface area (Å²) in [4.78, 5) is 17.4. The largest absolute Gasteiger partial charge is 0.321 e. The van der Waals surface area contributed by atoms with E-state index in [0.29, 0.717) is 16.9 Å². The Morgan fingerprint density at radius 3 is 2.55 bits per heavy atom. The molecule has 2 heterocycles. The van der Waals surface area contributed by atoms with E-state index in [4.69, 9.17) is 11.6 Å². The molecule has 0 fully saturated rings. The number of nitrogens with zero attached hydrogens (tertiary/aromatic N) is 1. The zero-order valence-corrected chi connectivity index (χ0v) is 17.7. The Hall–Kier alpha value is -2.36. The van der Waals surface area contributed by atoms with Gasteiger partial charge in [-0.3, -0.25) is 9.78 Å². The number of anilines is 1. The zero-order chi connectivity index (χ0) is 21.3. The average molecular weight is 457 g/mol. The molecule has 10 heteroatoms. The first kappa shape index (κ1) is 21.4. The second-order valence-corrected chi connectivity index (χ2v) is 9.78. The summed E-state index contributed by atoms with van der Waals surface area (Å²) in [5.41, 5.74) is 0.575. The van der Waals surface area contributed by atoms with Gasteiger partial charge in [0.1, 0.15) is 11.5 Å². The van der Waals surface area contributed by atoms with Gasteiger partial charge in [-0.15, -0.1) is 11.3 Å². The molecule has 0 aliphatic carbocycles. The highest BCUT2D eigenvalue weighted by Crippen LogP contribution is 2.33. The Morgan fingerprint density at radius 2 is 1.93 bits per heavy atom. The lowest BCUT2D eigenvalue weighted by Crippen LogP contribution is -2.11. The van der Waals surface area contributed by atoms with Gasteiger partial charge in [0, 0.05) is 33.5 Å². The van der Waals surface area contributed by atoms with Crippen LogP contribution in [0.25, 0.3) is 11.3 Å². The van der Waals surface area contributed by atoms with E-state index in [9.17, 15) is 22.0 Å². The maximum atomic E-state index is 14.1. The molecule has 1 N–H and O–H groups in total. The van der Waals surface area contributed by atoms with Crippen LogP contribution < -0.4 is 5.32 Å². The molecule has 29 heavy (non-hydrogen) atoms. The minimum atomic E-state index is -3.51. The van der Waals surface area contributed by atoms with E-state index >= 15 is 0 Å². The molecule has 0 saturated carbocycles. The Labute approximate surface area is 175 Å². The van der Waals surface area contributed by atoms with Crippen LogP contribution in [-0.4, -0.2) is 25.6 Å². The van der Waals surface area contributed by atoms with Crippen LogP contribution in [-0.2, 0) is 16.3 Å². The van der Waals surface area contributed by atoms with Gasteiger partial charge in [-0.05, 0) is 30.7 Å². The predicted molar refractivity (Wildman–Crippen MR) is 109 cm³/mol. The van der Waals surface area contributed by atoms with Gasteiger partial charge < -0.3 is 5.32 Å². The second kappa shape index (κ2) is 8.17. The Kier molecular flexibility index (Phi) is 6.02. The first-order valence-electron chi connectivity index (χ1n) is 8.34. The number of sulfone groups is 1. The second-order valence-electron chi connectivity index (χ2n) is 6.19. The van der Waals surface area contributed by atoms with E-state index in [1.54, 1.807) is 0 Å². The molecule has 0 saturated heterocycles. The first-order valence-corrected chi connectivity index (χ1v) is 11.4. The number of benzene rings is 1. The number of nitrogens with one attached hydrogen (secondary N) is 1. The lowest BCUT2D eigenvalue weighted by Gasteiger charge is -2.07. The minimum absolute atomic E-state index is 0.0287. The van der Waals surface area contributed by atoms with Gasteiger partial charge in [0.2, 0.25) is 0 Å². The third-order valence-corrected chi connectivity index (χ3v) is 6.56. The number of pyridine rings is 1. The summed E-state index contributed by atoms with van der Waals surface area (Å²) in [5, 5.41) is 2.75. The molecule has 1 aromatic carbocycles. The average Bonchev–Trinajstić information content (AvgIpc) is 3.04. The predicted octanol–water partition coefficient (Wildman–Crippen LogP) is 4.96. The summed E-state index contributed by atoms with van der Waals surface area (Å²) in [6.45, 7) is 1.84. The maximum absolute atomic E-state index is 14.1. The smallest absolute Gasteiger partial charge is 0.265 e. The van der Waals surface area contributed by atoms with Gasteiger partial charge in [-0.25, -0.2) is 17.2 Å². The number of carbonyl (C=O) groups is 1. The number of aromatic nitrogens is 1. The van der Waals surface area contributed by atoms with Crippen molar-refractivity contribution in [2.45, 2.75) is 18.2 Å². The Balaban J connectivity index is 1.95. The van der Waals surface area contributed by atoms with Crippen LogP contribution in [0.15, 0.2) is 41.4 Å². The number of hydrogen-bond donors (Lipinski definition) is 1. The van der Waals surface area contributed by atoms with E-state index in [1.807, 2.05) is 6.92 Å². The number of halogens is 3. The summed E-state index contributed by atoms with van der Waals surface area (Å²) in [6, 6.07) is 6.22. The number of aryl methyl sites for hydroxylation is 1. The molecule has 0 radical (unpaired) electrons. The van der Waals surface area contributed by atoms with Gasteiger partial charge in [0.15, 0.2) is 15.7 Å². The molecule has 3 rings (SSSR count). The minimum Gasteiger partial charge on any atom is -0.321 e. The van der Waals surface area contributed by atoms with Crippen molar-refractivity contribution in [3.05, 3.63) is 62.9 Å². The third-order valence-electron chi connectivity index (χ3n) is 3.97. The van der Waals surface area contributed by atoms with Crippen LogP contribution in [0.5, 0.6) is 0 Å². The molecule has 0 atom stereocenters. The molecular formula is C19H15ClF2N2O3S2. The lowest BCUT2D eigenvalue weighted by molar-refractivity contribution is 0.103. The summed E-state index contributed by atoms with van der Waals surface area (Å²) in [5.74, 6) is -2.13. The number of amides is 1.